The fraction of sp³-hybridized carbons (Fsp3) is 0.458. The molecule has 4 aromatic rings. The first kappa shape index (κ1) is 48.5. The first-order valence-corrected chi connectivity index (χ1v) is 23.0. The van der Waals surface area contributed by atoms with Crippen LogP contribution in [0.4, 0.5) is 19.7 Å². The Kier molecular flexibility index (Phi) is 13.7. The summed E-state index contributed by atoms with van der Waals surface area (Å²) in [7, 11) is 0. The molecule has 6 amide bonds. The van der Waals surface area contributed by atoms with Gasteiger partial charge in [-0.2, -0.15) is 0 Å². The van der Waals surface area contributed by atoms with Crippen molar-refractivity contribution >= 4 is 52.4 Å². The van der Waals surface area contributed by atoms with Crippen LogP contribution < -0.4 is 38.3 Å². The number of primary amides is 1. The lowest BCUT2D eigenvalue weighted by Gasteiger charge is -2.34. The van der Waals surface area contributed by atoms with Crippen LogP contribution in [0.25, 0.3) is 22.3 Å². The molecule has 1 saturated heterocycles. The van der Waals surface area contributed by atoms with Gasteiger partial charge in [-0.3, -0.25) is 19.2 Å². The molecule has 69 heavy (non-hydrogen) atoms. The molecule has 2 aromatic carbocycles. The van der Waals surface area contributed by atoms with Crippen molar-refractivity contribution < 1.29 is 52.5 Å². The largest absolute Gasteiger partial charge is 0.458 e. The van der Waals surface area contributed by atoms with E-state index in [4.69, 9.17) is 30.7 Å². The molecule has 3 aliphatic heterocycles. The topological polar surface area (TPSA) is 289 Å². The number of aliphatic hydroxyl groups is 1. The summed E-state index contributed by atoms with van der Waals surface area (Å²) >= 11 is 0. The molecule has 1 fully saturated rings. The van der Waals surface area contributed by atoms with Crippen molar-refractivity contribution in [1.82, 2.24) is 30.4 Å². The third kappa shape index (κ3) is 9.45. The van der Waals surface area contributed by atoms with Gasteiger partial charge in [-0.05, 0) is 85.4 Å². The maximum absolute atomic E-state index is 15.4. The number of fused-ring (bicyclic) bond motifs is 5. The minimum absolute atomic E-state index is 0.0362. The van der Waals surface area contributed by atoms with E-state index < -0.39 is 77.0 Å². The number of cyclic esters (lactones) is 1. The highest BCUT2D eigenvalue weighted by atomic mass is 19.1. The molecule has 366 valence electrons. The number of aromatic nitrogens is 2. The number of urea groups is 1. The standard InChI is InChI=1S/C48H56FN9O11/c1-5-48(66)30-17-35-40-28(19-58(35)44(62)29(30)22-68-45(48)63)38-32(13-12-27-24(4)31(49)18-34(54-40)37(27)38)55-42(60)36-20-57(15-16-67-36)47(65)69-21-25-8-10-26(11-9-25)53-41(59)33(7-6-14-52-46(51)64)56-43(61)39(50)23(2)3/h8-11,17-18,23,32-33,36,39,66H,5-7,12-16,19-22,50H2,1-4H3,(H,53,59)(H,55,60)(H,56,61)(H3,51,52,64)/t32-,33+,36-,39+,48-/m1/s1. The van der Waals surface area contributed by atoms with Crippen molar-refractivity contribution in [2.75, 3.05) is 31.6 Å². The minimum Gasteiger partial charge on any atom is -0.458 e. The number of rotatable bonds is 14. The van der Waals surface area contributed by atoms with Gasteiger partial charge in [0.15, 0.2) is 11.7 Å². The molecule has 2 aromatic heterocycles. The number of nitrogens with zero attached hydrogens (tertiary/aromatic N) is 3. The second-order valence-corrected chi connectivity index (χ2v) is 18.2. The van der Waals surface area contributed by atoms with Gasteiger partial charge in [-0.25, -0.2) is 23.8 Å². The second-order valence-electron chi connectivity index (χ2n) is 18.2. The Morgan fingerprint density at radius 3 is 2.54 bits per heavy atom. The Hall–Kier alpha value is -6.97. The van der Waals surface area contributed by atoms with Crippen molar-refractivity contribution in [2.24, 2.45) is 17.4 Å². The molecule has 0 radical (unpaired) electrons. The molecular weight excluding hydrogens is 898 g/mol. The highest BCUT2D eigenvalue weighted by Crippen LogP contribution is 2.46. The lowest BCUT2D eigenvalue weighted by Crippen LogP contribution is -2.52. The van der Waals surface area contributed by atoms with Gasteiger partial charge in [0, 0.05) is 41.4 Å². The Labute approximate surface area is 395 Å². The first-order chi connectivity index (χ1) is 32.9. The fourth-order valence-electron chi connectivity index (χ4n) is 9.44. The van der Waals surface area contributed by atoms with E-state index in [9.17, 15) is 38.7 Å². The molecular formula is C48H56FN9O11. The third-order valence-corrected chi connectivity index (χ3v) is 13.5. The van der Waals surface area contributed by atoms with Crippen LogP contribution >= 0.6 is 0 Å². The van der Waals surface area contributed by atoms with Gasteiger partial charge in [0.1, 0.15) is 25.1 Å². The van der Waals surface area contributed by atoms with E-state index in [-0.39, 0.29) is 75.9 Å². The van der Waals surface area contributed by atoms with Crippen LogP contribution in [0, 0.1) is 18.7 Å². The predicted molar refractivity (Wildman–Crippen MR) is 247 cm³/mol. The van der Waals surface area contributed by atoms with Crippen LogP contribution in [-0.2, 0) is 65.2 Å². The Morgan fingerprint density at radius 1 is 1.07 bits per heavy atom. The number of aryl methyl sites for hydroxylation is 1. The zero-order chi connectivity index (χ0) is 49.5. The number of amides is 6. The summed E-state index contributed by atoms with van der Waals surface area (Å²) in [6.45, 7) is 6.82. The van der Waals surface area contributed by atoms with E-state index >= 15 is 4.39 Å². The van der Waals surface area contributed by atoms with Gasteiger partial charge in [-0.1, -0.05) is 32.9 Å². The Morgan fingerprint density at radius 2 is 1.83 bits per heavy atom. The van der Waals surface area contributed by atoms with Crippen LogP contribution in [0.2, 0.25) is 0 Å². The van der Waals surface area contributed by atoms with Crippen molar-refractivity contribution in [2.45, 2.75) is 109 Å². The summed E-state index contributed by atoms with van der Waals surface area (Å²) < 4.78 is 33.7. The average molecular weight is 954 g/mol. The molecule has 8 rings (SSSR count). The molecule has 9 N–H and O–H groups in total. The lowest BCUT2D eigenvalue weighted by molar-refractivity contribution is -0.172. The van der Waals surface area contributed by atoms with Crippen molar-refractivity contribution in [3.8, 4) is 11.4 Å². The van der Waals surface area contributed by atoms with E-state index in [0.29, 0.717) is 69.5 Å². The van der Waals surface area contributed by atoms with Crippen LogP contribution in [0.1, 0.15) is 91.4 Å². The summed E-state index contributed by atoms with van der Waals surface area (Å²) in [6, 6.07) is 6.36. The van der Waals surface area contributed by atoms with E-state index in [1.54, 1.807) is 58.0 Å². The monoisotopic (exact) mass is 953 g/mol. The normalized spacial score (nSPS) is 19.9. The van der Waals surface area contributed by atoms with Crippen LogP contribution in [0.5, 0.6) is 0 Å². The highest BCUT2D eigenvalue weighted by Gasteiger charge is 2.46. The summed E-state index contributed by atoms with van der Waals surface area (Å²) in [6.07, 6.45) is -0.430. The number of morpholine rings is 1. The fourth-order valence-corrected chi connectivity index (χ4v) is 9.44. The summed E-state index contributed by atoms with van der Waals surface area (Å²) in [5, 5.41) is 23.1. The number of nitrogens with one attached hydrogen (secondary N) is 4. The third-order valence-electron chi connectivity index (χ3n) is 13.5. The molecule has 1 aliphatic carbocycles. The summed E-state index contributed by atoms with van der Waals surface area (Å²) in [4.78, 5) is 97.6. The molecule has 5 heterocycles. The Balaban J connectivity index is 0.930. The molecule has 0 bridgehead atoms. The molecule has 20 nitrogen and oxygen atoms in total. The number of hydrogen-bond donors (Lipinski definition) is 7. The number of benzene rings is 2. The van der Waals surface area contributed by atoms with Crippen molar-refractivity contribution in [1.29, 1.82) is 0 Å². The van der Waals surface area contributed by atoms with E-state index in [0.717, 1.165) is 5.56 Å². The zero-order valence-electron chi connectivity index (χ0n) is 38.7. The molecule has 4 aliphatic rings. The average Bonchev–Trinajstić information content (AvgIpc) is 3.70. The quantitative estimate of drug-likeness (QED) is 0.0623. The number of carbonyl (C=O) groups is 6. The van der Waals surface area contributed by atoms with Gasteiger partial charge >= 0.3 is 18.1 Å². The maximum Gasteiger partial charge on any atom is 0.410 e. The lowest BCUT2D eigenvalue weighted by atomic mass is 9.81. The highest BCUT2D eigenvalue weighted by molar-refractivity contribution is 5.98. The van der Waals surface area contributed by atoms with Gasteiger partial charge in [-0.15, -0.1) is 0 Å². The van der Waals surface area contributed by atoms with Gasteiger partial charge in [0.2, 0.25) is 11.8 Å². The number of hydrogen-bond acceptors (Lipinski definition) is 13. The van der Waals surface area contributed by atoms with Crippen molar-refractivity contribution in [3.05, 3.63) is 91.5 Å². The number of anilines is 1. The van der Waals surface area contributed by atoms with E-state index in [2.05, 4.69) is 21.3 Å². The SMILES string of the molecule is CC[C@]1(O)C(=O)OCc2c1cc1n(c2=O)Cc2c-1nc1cc(F)c(C)c3c1c2[C@H](NC(=O)[C@H]1CN(C(=O)OCc2ccc(NC(=O)[C@H](CCCNC(N)=O)NC(=O)[C@@H](N)C(C)C)cc2)CCO1)CC3. The molecule has 0 unspecified atom stereocenters. The number of halogens is 1. The van der Waals surface area contributed by atoms with E-state index in [1.807, 2.05) is 0 Å². The number of nitrogens with two attached hydrogens (primary N) is 2. The zero-order valence-corrected chi connectivity index (χ0v) is 38.7. The van der Waals surface area contributed by atoms with Crippen LogP contribution in [0.15, 0.2) is 41.2 Å². The minimum atomic E-state index is -2.04. The number of pyridine rings is 2. The molecule has 5 atom stereocenters. The smallest absolute Gasteiger partial charge is 0.410 e. The number of carbonyl (C=O) groups excluding carboxylic acids is 6. The number of esters is 1. The molecule has 0 spiro atoms. The van der Waals surface area contributed by atoms with E-state index in [1.165, 1.54) is 15.5 Å². The van der Waals surface area contributed by atoms with Crippen LogP contribution in [-0.4, -0.2) is 99.8 Å². The molecule has 0 saturated carbocycles. The number of ether oxygens (including phenoxy) is 3. The van der Waals surface area contributed by atoms with Crippen molar-refractivity contribution in [3.63, 3.8) is 0 Å². The summed E-state index contributed by atoms with van der Waals surface area (Å²) in [5.74, 6) is -2.95. The summed E-state index contributed by atoms with van der Waals surface area (Å²) in [5.41, 5.74) is 13.5. The van der Waals surface area contributed by atoms with Gasteiger partial charge in [0.25, 0.3) is 11.5 Å². The van der Waals surface area contributed by atoms with Crippen LogP contribution in [0.3, 0.4) is 0 Å². The maximum atomic E-state index is 15.4. The molecule has 21 heteroatoms. The van der Waals surface area contributed by atoms with Gasteiger partial charge < -0.3 is 61.5 Å². The van der Waals surface area contributed by atoms with Gasteiger partial charge in [0.05, 0.1) is 54.2 Å². The Bertz CT molecular complexity index is 2820. The first-order valence-electron chi connectivity index (χ1n) is 23.0. The second kappa shape index (κ2) is 19.6. The predicted octanol–water partition coefficient (Wildman–Crippen LogP) is 2.52.